The van der Waals surface area contributed by atoms with Crippen LogP contribution >= 0.6 is 11.8 Å². The second-order valence-corrected chi connectivity index (χ2v) is 7.31. The molecular formula is C17H25NO2S. The zero-order valence-electron chi connectivity index (χ0n) is 12.8. The van der Waals surface area contributed by atoms with Crippen LogP contribution in [0, 0.1) is 0 Å². The number of benzene rings is 1. The fourth-order valence-electron chi connectivity index (χ4n) is 3.45. The molecule has 1 saturated heterocycles. The van der Waals surface area contributed by atoms with Gasteiger partial charge in [0.25, 0.3) is 0 Å². The summed E-state index contributed by atoms with van der Waals surface area (Å²) in [6, 6.07) is 6.18. The van der Waals surface area contributed by atoms with Crippen molar-refractivity contribution in [3.63, 3.8) is 0 Å². The van der Waals surface area contributed by atoms with Crippen molar-refractivity contribution in [1.29, 1.82) is 0 Å². The van der Waals surface area contributed by atoms with E-state index in [-0.39, 0.29) is 5.54 Å². The van der Waals surface area contributed by atoms with Crippen LogP contribution in [-0.2, 0) is 5.54 Å². The van der Waals surface area contributed by atoms with Crippen molar-refractivity contribution in [2.24, 2.45) is 5.73 Å². The molecule has 0 radical (unpaired) electrons. The van der Waals surface area contributed by atoms with Gasteiger partial charge in [-0.3, -0.25) is 0 Å². The first-order valence-electron chi connectivity index (χ1n) is 7.94. The maximum Gasteiger partial charge on any atom is 0.165 e. The molecule has 1 atom stereocenters. The standard InChI is InChI=1S/C17H25NO2S/c1-19-16-14(17(18)9-3-2-4-10-17)6-5-7-15(16)20-13-8-11-21-12-13/h5-7,13H,2-4,8-12,18H2,1H3. The minimum Gasteiger partial charge on any atom is -0.493 e. The predicted octanol–water partition coefficient (Wildman–Crippen LogP) is 3.70. The summed E-state index contributed by atoms with van der Waals surface area (Å²) in [6.45, 7) is 0. The summed E-state index contributed by atoms with van der Waals surface area (Å²) in [6.07, 6.45) is 7.17. The number of methoxy groups -OCH3 is 1. The van der Waals surface area contributed by atoms with Gasteiger partial charge in [0, 0.05) is 16.9 Å². The largest absolute Gasteiger partial charge is 0.493 e. The van der Waals surface area contributed by atoms with E-state index in [4.69, 9.17) is 15.2 Å². The molecule has 0 spiro atoms. The number of hydrogen-bond acceptors (Lipinski definition) is 4. The van der Waals surface area contributed by atoms with Gasteiger partial charge >= 0.3 is 0 Å². The summed E-state index contributed by atoms with van der Waals surface area (Å²) >= 11 is 1.96. The van der Waals surface area contributed by atoms with Crippen LogP contribution in [0.15, 0.2) is 18.2 Å². The first kappa shape index (κ1) is 15.0. The number of para-hydroxylation sites is 1. The van der Waals surface area contributed by atoms with Crippen LogP contribution in [0.4, 0.5) is 0 Å². The molecule has 1 aromatic carbocycles. The Balaban J connectivity index is 1.89. The fourth-order valence-corrected chi connectivity index (χ4v) is 4.54. The lowest BCUT2D eigenvalue weighted by atomic mass is 9.77. The van der Waals surface area contributed by atoms with E-state index in [1.165, 1.54) is 25.0 Å². The predicted molar refractivity (Wildman–Crippen MR) is 88.3 cm³/mol. The van der Waals surface area contributed by atoms with Crippen molar-refractivity contribution in [2.75, 3.05) is 18.6 Å². The molecule has 1 aromatic rings. The van der Waals surface area contributed by atoms with Crippen molar-refractivity contribution in [1.82, 2.24) is 0 Å². The summed E-state index contributed by atoms with van der Waals surface area (Å²) in [5.74, 6) is 3.96. The monoisotopic (exact) mass is 307 g/mol. The van der Waals surface area contributed by atoms with Crippen LogP contribution in [0.25, 0.3) is 0 Å². The third-order valence-corrected chi connectivity index (χ3v) is 5.78. The highest BCUT2D eigenvalue weighted by atomic mass is 32.2. The second-order valence-electron chi connectivity index (χ2n) is 6.16. The maximum absolute atomic E-state index is 6.69. The Hall–Kier alpha value is -0.870. The molecule has 1 saturated carbocycles. The number of hydrogen-bond donors (Lipinski definition) is 1. The highest BCUT2D eigenvalue weighted by molar-refractivity contribution is 7.99. The third-order valence-electron chi connectivity index (χ3n) is 4.65. The van der Waals surface area contributed by atoms with Crippen molar-refractivity contribution in [3.05, 3.63) is 23.8 Å². The molecule has 1 aliphatic carbocycles. The molecule has 2 fully saturated rings. The minimum absolute atomic E-state index is 0.257. The lowest BCUT2D eigenvalue weighted by Gasteiger charge is -2.35. The Morgan fingerprint density at radius 2 is 2.05 bits per heavy atom. The first-order valence-corrected chi connectivity index (χ1v) is 9.09. The summed E-state index contributed by atoms with van der Waals surface area (Å²) in [7, 11) is 1.72. The van der Waals surface area contributed by atoms with Crippen molar-refractivity contribution in [3.8, 4) is 11.5 Å². The fraction of sp³-hybridized carbons (Fsp3) is 0.647. The number of rotatable bonds is 4. The SMILES string of the molecule is COc1c(OC2CCSC2)cccc1C1(N)CCCCC1. The van der Waals surface area contributed by atoms with Gasteiger partial charge in [-0.1, -0.05) is 31.4 Å². The van der Waals surface area contributed by atoms with Gasteiger partial charge in [0.2, 0.25) is 0 Å². The Morgan fingerprint density at radius 3 is 2.71 bits per heavy atom. The molecule has 0 bridgehead atoms. The highest BCUT2D eigenvalue weighted by Gasteiger charge is 2.33. The molecule has 1 heterocycles. The van der Waals surface area contributed by atoms with Gasteiger partial charge in [-0.15, -0.1) is 0 Å². The van der Waals surface area contributed by atoms with Crippen LogP contribution in [-0.4, -0.2) is 24.7 Å². The van der Waals surface area contributed by atoms with E-state index in [0.29, 0.717) is 6.10 Å². The molecule has 2 N–H and O–H groups in total. The van der Waals surface area contributed by atoms with Crippen LogP contribution in [0.1, 0.15) is 44.1 Å². The number of ether oxygens (including phenoxy) is 2. The molecule has 3 rings (SSSR count). The zero-order valence-corrected chi connectivity index (χ0v) is 13.6. The zero-order chi connectivity index (χ0) is 14.7. The Kier molecular flexibility index (Phi) is 4.65. The van der Waals surface area contributed by atoms with Crippen LogP contribution in [0.2, 0.25) is 0 Å². The lowest BCUT2D eigenvalue weighted by Crippen LogP contribution is -2.39. The van der Waals surface area contributed by atoms with E-state index < -0.39 is 0 Å². The average molecular weight is 307 g/mol. The molecular weight excluding hydrogens is 282 g/mol. The smallest absolute Gasteiger partial charge is 0.165 e. The Labute approximate surface area is 131 Å². The molecule has 2 aliphatic rings. The number of nitrogens with two attached hydrogens (primary N) is 1. The van der Waals surface area contributed by atoms with Crippen molar-refractivity contribution < 1.29 is 9.47 Å². The highest BCUT2D eigenvalue weighted by Crippen LogP contribution is 2.43. The summed E-state index contributed by atoms with van der Waals surface area (Å²) in [4.78, 5) is 0. The van der Waals surface area contributed by atoms with Gasteiger partial charge in [0.05, 0.1) is 7.11 Å². The van der Waals surface area contributed by atoms with Crippen LogP contribution < -0.4 is 15.2 Å². The molecule has 4 heteroatoms. The number of thioether (sulfide) groups is 1. The van der Waals surface area contributed by atoms with Crippen LogP contribution in [0.5, 0.6) is 11.5 Å². The van der Waals surface area contributed by atoms with Gasteiger partial charge in [-0.2, -0.15) is 11.8 Å². The van der Waals surface area contributed by atoms with E-state index in [1.54, 1.807) is 7.11 Å². The Bertz CT molecular complexity index is 480. The van der Waals surface area contributed by atoms with Crippen molar-refractivity contribution >= 4 is 11.8 Å². The van der Waals surface area contributed by atoms with E-state index in [2.05, 4.69) is 12.1 Å². The average Bonchev–Trinajstić information content (AvgIpc) is 3.01. The maximum atomic E-state index is 6.69. The van der Waals surface area contributed by atoms with Crippen LogP contribution in [0.3, 0.4) is 0 Å². The normalized spacial score (nSPS) is 24.8. The summed E-state index contributed by atoms with van der Waals surface area (Å²) in [5.41, 5.74) is 7.56. The van der Waals surface area contributed by atoms with E-state index >= 15 is 0 Å². The second kappa shape index (κ2) is 6.49. The summed E-state index contributed by atoms with van der Waals surface area (Å²) in [5, 5.41) is 0. The van der Waals surface area contributed by atoms with Gasteiger partial charge in [0.1, 0.15) is 6.10 Å². The molecule has 0 aromatic heterocycles. The molecule has 21 heavy (non-hydrogen) atoms. The lowest BCUT2D eigenvalue weighted by molar-refractivity contribution is 0.214. The molecule has 1 aliphatic heterocycles. The molecule has 3 nitrogen and oxygen atoms in total. The van der Waals surface area contributed by atoms with Gasteiger partial charge in [-0.25, -0.2) is 0 Å². The first-order chi connectivity index (χ1) is 10.2. The molecule has 1 unspecified atom stereocenters. The quantitative estimate of drug-likeness (QED) is 0.921. The van der Waals surface area contributed by atoms with E-state index in [9.17, 15) is 0 Å². The topological polar surface area (TPSA) is 44.5 Å². The third kappa shape index (κ3) is 3.16. The van der Waals surface area contributed by atoms with Gasteiger partial charge in [-0.05, 0) is 31.1 Å². The molecule has 116 valence electrons. The minimum atomic E-state index is -0.257. The van der Waals surface area contributed by atoms with E-state index in [0.717, 1.165) is 42.1 Å². The molecule has 0 amide bonds. The van der Waals surface area contributed by atoms with Gasteiger partial charge < -0.3 is 15.2 Å². The Morgan fingerprint density at radius 1 is 1.24 bits per heavy atom. The summed E-state index contributed by atoms with van der Waals surface area (Å²) < 4.78 is 11.9. The van der Waals surface area contributed by atoms with Gasteiger partial charge in [0.15, 0.2) is 11.5 Å². The van der Waals surface area contributed by atoms with E-state index in [1.807, 2.05) is 17.8 Å². The van der Waals surface area contributed by atoms with Crippen molar-refractivity contribution in [2.45, 2.75) is 50.2 Å².